The minimum Gasteiger partial charge on any atom is -0.291 e. The van der Waals surface area contributed by atoms with Crippen LogP contribution in [-0.4, -0.2) is 11.2 Å². The lowest BCUT2D eigenvalue weighted by Crippen LogP contribution is -1.97. The third-order valence-electron chi connectivity index (χ3n) is 3.35. The first-order valence-electron chi connectivity index (χ1n) is 9.15. The van der Waals surface area contributed by atoms with Gasteiger partial charge in [-0.05, 0) is 44.6 Å². The monoisotopic (exact) mass is 356 g/mol. The van der Waals surface area contributed by atoms with Crippen molar-refractivity contribution in [1.29, 1.82) is 0 Å². The number of hydrogen-bond donors (Lipinski definition) is 0. The first-order valence-corrected chi connectivity index (χ1v) is 9.15. The molecule has 0 atom stereocenters. The van der Waals surface area contributed by atoms with Gasteiger partial charge in [-0.3, -0.25) is 14.9 Å². The van der Waals surface area contributed by atoms with Gasteiger partial charge in [0, 0.05) is 6.42 Å². The summed E-state index contributed by atoms with van der Waals surface area (Å²) in [5.41, 5.74) is 0.179. The summed E-state index contributed by atoms with van der Waals surface area (Å²) >= 11 is 0. The van der Waals surface area contributed by atoms with Crippen molar-refractivity contribution in [1.82, 2.24) is 0 Å². The Morgan fingerprint density at radius 1 is 0.846 bits per heavy atom. The Labute approximate surface area is 157 Å². The molecule has 0 unspecified atom stereocenters. The number of hydrogen-bond acceptors (Lipinski definition) is 3. The molecule has 0 saturated heterocycles. The zero-order valence-electron chi connectivity index (χ0n) is 15.7. The highest BCUT2D eigenvalue weighted by Gasteiger charge is 2.06. The summed E-state index contributed by atoms with van der Waals surface area (Å²) in [5.74, 6) is 0. The minimum atomic E-state index is -0.355. The predicted octanol–water partition coefficient (Wildman–Crippen LogP) is 6.18. The fourth-order valence-corrected chi connectivity index (χ4v) is 1.98. The average molecular weight is 356 g/mol. The molecule has 0 heterocycles. The van der Waals surface area contributed by atoms with Crippen molar-refractivity contribution in [2.45, 2.75) is 58.3 Å². The minimum absolute atomic E-state index is 0.179. The molecule has 0 spiro atoms. The quantitative estimate of drug-likeness (QED) is 0.152. The number of rotatable bonds is 15. The molecule has 0 aromatic heterocycles. The van der Waals surface area contributed by atoms with Crippen LogP contribution in [0, 0.1) is 10.1 Å². The Morgan fingerprint density at radius 2 is 1.38 bits per heavy atom. The molecule has 0 N–H and O–H groups in total. The molecule has 141 valence electrons. The highest BCUT2D eigenvalue weighted by Crippen LogP contribution is 2.06. The first kappa shape index (κ1) is 23.5. The molecule has 0 fully saturated rings. The lowest BCUT2D eigenvalue weighted by molar-refractivity contribution is -0.427. The number of unbranched alkanes of at least 4 members (excludes halogenated alkanes) is 1. The van der Waals surface area contributed by atoms with Crippen molar-refractivity contribution >= 4 is 6.29 Å². The molecule has 26 heavy (non-hydrogen) atoms. The van der Waals surface area contributed by atoms with Gasteiger partial charge in [-0.25, -0.2) is 0 Å². The second-order valence-corrected chi connectivity index (χ2v) is 5.55. The van der Waals surface area contributed by atoms with Gasteiger partial charge in [0.25, 0.3) is 0 Å². The van der Waals surface area contributed by atoms with Crippen LogP contribution >= 0.6 is 0 Å². The highest BCUT2D eigenvalue weighted by atomic mass is 16.6. The van der Waals surface area contributed by atoms with E-state index in [4.69, 9.17) is 0 Å². The van der Waals surface area contributed by atoms with E-state index in [2.05, 4.69) is 43.4 Å². The molecule has 0 aliphatic rings. The summed E-state index contributed by atoms with van der Waals surface area (Å²) in [7, 11) is 0. The molecule has 0 amide bonds. The van der Waals surface area contributed by atoms with E-state index in [1.807, 2.05) is 12.2 Å². The summed E-state index contributed by atoms with van der Waals surface area (Å²) in [4.78, 5) is 20.7. The molecule has 0 rings (SSSR count). The number of allylic oxidation sites excluding steroid dienone is 11. The first-order chi connectivity index (χ1) is 12.7. The average Bonchev–Trinajstić information content (AvgIpc) is 2.63. The zero-order chi connectivity index (χ0) is 19.3. The van der Waals surface area contributed by atoms with Crippen molar-refractivity contribution in [2.75, 3.05) is 0 Å². The Hall–Kier alpha value is -2.49. The van der Waals surface area contributed by atoms with Gasteiger partial charge in [0.2, 0.25) is 5.70 Å². The number of nitrogens with zero attached hydrogens (tertiary/aromatic N) is 1. The molecule has 1 radical (unpaired) electrons. The summed E-state index contributed by atoms with van der Waals surface area (Å²) in [5, 5.41) is 11.0. The lowest BCUT2D eigenvalue weighted by atomic mass is 10.2. The highest BCUT2D eigenvalue weighted by molar-refractivity contribution is 5.50. The topological polar surface area (TPSA) is 60.2 Å². The van der Waals surface area contributed by atoms with Crippen molar-refractivity contribution < 1.29 is 9.72 Å². The van der Waals surface area contributed by atoms with E-state index in [1.165, 1.54) is 0 Å². The predicted molar refractivity (Wildman–Crippen MR) is 109 cm³/mol. The molecular weight excluding hydrogens is 326 g/mol. The Morgan fingerprint density at radius 3 is 1.88 bits per heavy atom. The molecule has 0 aromatic carbocycles. The van der Waals surface area contributed by atoms with Crippen LogP contribution in [0.3, 0.4) is 0 Å². The van der Waals surface area contributed by atoms with E-state index >= 15 is 0 Å². The van der Waals surface area contributed by atoms with Crippen LogP contribution in [0.1, 0.15) is 58.3 Å². The summed E-state index contributed by atoms with van der Waals surface area (Å²) in [6.07, 6.45) is 29.2. The lowest BCUT2D eigenvalue weighted by Gasteiger charge is -1.93. The molecule has 0 aliphatic carbocycles. The zero-order valence-corrected chi connectivity index (χ0v) is 15.7. The Bertz CT molecular complexity index is 552. The largest absolute Gasteiger partial charge is 0.291 e. The maximum Gasteiger partial charge on any atom is 0.246 e. The van der Waals surface area contributed by atoms with E-state index in [9.17, 15) is 14.9 Å². The van der Waals surface area contributed by atoms with E-state index in [0.29, 0.717) is 19.3 Å². The van der Waals surface area contributed by atoms with Gasteiger partial charge in [-0.2, -0.15) is 0 Å². The van der Waals surface area contributed by atoms with E-state index in [0.717, 1.165) is 25.7 Å². The van der Waals surface area contributed by atoms with Crippen LogP contribution in [0.15, 0.2) is 72.5 Å². The fourth-order valence-electron chi connectivity index (χ4n) is 1.98. The standard InChI is InChI=1S/C22H30NO3/c1-2-3-4-5-6-7-8-9-10-11-12-13-16-19-22(23(25)26)20-17-14-15-18-21-24/h3-4,6-7,9-10,12-14,17,19H,2,5,8,11,15-16,18,20H2,1H3/b4-3+,7-6+,10-9+,13-12+,17-14+,22-19-. The van der Waals surface area contributed by atoms with Crippen LogP contribution in [0.2, 0.25) is 0 Å². The van der Waals surface area contributed by atoms with E-state index in [-0.39, 0.29) is 17.0 Å². The second kappa shape index (κ2) is 18.8. The van der Waals surface area contributed by atoms with Crippen LogP contribution in [0.25, 0.3) is 0 Å². The van der Waals surface area contributed by atoms with Gasteiger partial charge in [0.15, 0.2) is 6.29 Å². The smallest absolute Gasteiger partial charge is 0.246 e. The second-order valence-electron chi connectivity index (χ2n) is 5.55. The maximum atomic E-state index is 11.0. The molecule has 4 heteroatoms. The van der Waals surface area contributed by atoms with Crippen LogP contribution < -0.4 is 0 Å². The molecule has 0 aliphatic heterocycles. The molecule has 0 bridgehead atoms. The van der Waals surface area contributed by atoms with Gasteiger partial charge in [-0.1, -0.05) is 67.7 Å². The maximum absolute atomic E-state index is 11.0. The Kier molecular flexibility index (Phi) is 17.0. The number of carbonyl (C=O) groups excluding carboxylic acids is 1. The normalized spacial score (nSPS) is 13.2. The van der Waals surface area contributed by atoms with Crippen molar-refractivity contribution in [3.8, 4) is 0 Å². The van der Waals surface area contributed by atoms with E-state index < -0.39 is 0 Å². The summed E-state index contributed by atoms with van der Waals surface area (Å²) in [6, 6.07) is 0. The molecule has 4 nitrogen and oxygen atoms in total. The van der Waals surface area contributed by atoms with Gasteiger partial charge >= 0.3 is 0 Å². The van der Waals surface area contributed by atoms with Gasteiger partial charge in [0.05, 0.1) is 11.3 Å². The van der Waals surface area contributed by atoms with Gasteiger partial charge < -0.3 is 0 Å². The summed E-state index contributed by atoms with van der Waals surface area (Å²) < 4.78 is 0. The molecular formula is C22H30NO3. The van der Waals surface area contributed by atoms with Gasteiger partial charge in [-0.15, -0.1) is 0 Å². The third-order valence-corrected chi connectivity index (χ3v) is 3.35. The Balaban J connectivity index is 4.01. The SMILES string of the molecule is CC/C=C/C/C=C/C/C=C/C/C=C/C/C=C(/C/C=C/CC[C]=O)[N+](=O)[O-]. The molecule has 0 saturated carbocycles. The van der Waals surface area contributed by atoms with Crippen LogP contribution in [0.4, 0.5) is 0 Å². The van der Waals surface area contributed by atoms with Crippen molar-refractivity contribution in [3.05, 3.63) is 82.6 Å². The van der Waals surface area contributed by atoms with Crippen LogP contribution in [0.5, 0.6) is 0 Å². The van der Waals surface area contributed by atoms with Crippen molar-refractivity contribution in [3.63, 3.8) is 0 Å². The third kappa shape index (κ3) is 16.4. The van der Waals surface area contributed by atoms with Crippen LogP contribution in [-0.2, 0) is 4.79 Å². The summed E-state index contributed by atoms with van der Waals surface area (Å²) in [6.45, 7) is 2.12. The fraction of sp³-hybridized carbons (Fsp3) is 0.409. The van der Waals surface area contributed by atoms with Crippen molar-refractivity contribution in [2.24, 2.45) is 0 Å². The number of nitro groups is 1. The van der Waals surface area contributed by atoms with E-state index in [1.54, 1.807) is 24.5 Å². The van der Waals surface area contributed by atoms with Gasteiger partial charge in [0.1, 0.15) is 0 Å². The molecule has 0 aromatic rings.